The second-order valence-electron chi connectivity index (χ2n) is 5.86. The first-order valence-corrected chi connectivity index (χ1v) is 7.83. The summed E-state index contributed by atoms with van der Waals surface area (Å²) in [4.78, 5) is 30.6. The molecule has 1 aliphatic heterocycles. The van der Waals surface area contributed by atoms with Gasteiger partial charge in [0.25, 0.3) is 5.91 Å². The maximum absolute atomic E-state index is 12.3. The van der Waals surface area contributed by atoms with E-state index in [1.165, 1.54) is 12.5 Å². The predicted octanol–water partition coefficient (Wildman–Crippen LogP) is 0.651. The van der Waals surface area contributed by atoms with Crippen LogP contribution in [0.1, 0.15) is 15.9 Å². The van der Waals surface area contributed by atoms with E-state index >= 15 is 0 Å². The Morgan fingerprint density at radius 1 is 1.29 bits per heavy atom. The Balaban J connectivity index is 1.68. The van der Waals surface area contributed by atoms with Crippen LogP contribution in [0, 0.1) is 5.92 Å². The number of amides is 2. The van der Waals surface area contributed by atoms with Crippen LogP contribution in [0.4, 0.5) is 0 Å². The molecule has 0 unspecified atom stereocenters. The third-order valence-electron chi connectivity index (χ3n) is 4.23. The number of likely N-dealkylation sites (tertiary alicyclic amines) is 1. The molecule has 7 heteroatoms. The molecule has 2 N–H and O–H groups in total. The van der Waals surface area contributed by atoms with Gasteiger partial charge in [-0.2, -0.15) is 0 Å². The lowest BCUT2D eigenvalue weighted by Crippen LogP contribution is -2.45. The molecular formula is C17H20N4O3. The fourth-order valence-electron chi connectivity index (χ4n) is 3.00. The summed E-state index contributed by atoms with van der Waals surface area (Å²) in [6.45, 7) is 1.93. The Hall–Kier alpha value is -2.67. The number of carbonyl (C=O) groups excluding carboxylic acids is 2. The van der Waals surface area contributed by atoms with Crippen LogP contribution < -0.4 is 10.6 Å². The van der Waals surface area contributed by atoms with E-state index in [0.29, 0.717) is 25.2 Å². The van der Waals surface area contributed by atoms with E-state index in [2.05, 4.69) is 20.5 Å². The van der Waals surface area contributed by atoms with Gasteiger partial charge in [-0.15, -0.1) is 0 Å². The lowest BCUT2D eigenvalue weighted by molar-refractivity contribution is -0.124. The number of rotatable bonds is 5. The number of nitrogens with zero attached hydrogens (tertiary/aromatic N) is 2. The summed E-state index contributed by atoms with van der Waals surface area (Å²) < 4.78 is 4.94. The number of carbonyl (C=O) groups is 2. The molecule has 0 bridgehead atoms. The van der Waals surface area contributed by atoms with E-state index in [4.69, 9.17) is 4.42 Å². The Labute approximate surface area is 140 Å². The van der Waals surface area contributed by atoms with Gasteiger partial charge in [0, 0.05) is 39.1 Å². The van der Waals surface area contributed by atoms with Crippen LogP contribution >= 0.6 is 0 Å². The summed E-state index contributed by atoms with van der Waals surface area (Å²) >= 11 is 0. The molecule has 0 aromatic carbocycles. The highest BCUT2D eigenvalue weighted by Gasteiger charge is 2.38. The van der Waals surface area contributed by atoms with Crippen molar-refractivity contribution in [3.05, 3.63) is 54.2 Å². The molecule has 1 saturated heterocycles. The lowest BCUT2D eigenvalue weighted by Gasteiger charge is -2.18. The van der Waals surface area contributed by atoms with Crippen molar-refractivity contribution in [2.75, 3.05) is 20.1 Å². The molecule has 1 fully saturated rings. The number of furan rings is 1. The highest BCUT2D eigenvalue weighted by atomic mass is 16.3. The second kappa shape index (κ2) is 7.27. The molecule has 2 atom stereocenters. The zero-order valence-corrected chi connectivity index (χ0v) is 13.4. The van der Waals surface area contributed by atoms with Gasteiger partial charge in [0.1, 0.15) is 6.26 Å². The van der Waals surface area contributed by atoms with Gasteiger partial charge >= 0.3 is 0 Å². The lowest BCUT2D eigenvalue weighted by atomic mass is 10.0. The highest BCUT2D eigenvalue weighted by Crippen LogP contribution is 2.20. The molecule has 24 heavy (non-hydrogen) atoms. The first-order chi connectivity index (χ1) is 11.7. The average molecular weight is 328 g/mol. The Morgan fingerprint density at radius 3 is 2.75 bits per heavy atom. The second-order valence-corrected chi connectivity index (χ2v) is 5.86. The number of hydrogen-bond acceptors (Lipinski definition) is 5. The van der Waals surface area contributed by atoms with Crippen molar-refractivity contribution in [2.45, 2.75) is 12.6 Å². The predicted molar refractivity (Wildman–Crippen MR) is 87.0 cm³/mol. The molecule has 0 saturated carbocycles. The van der Waals surface area contributed by atoms with E-state index in [1.54, 1.807) is 25.5 Å². The first-order valence-electron chi connectivity index (χ1n) is 7.83. The number of nitrogens with one attached hydrogen (secondary N) is 2. The van der Waals surface area contributed by atoms with E-state index in [1.807, 2.05) is 12.1 Å². The average Bonchev–Trinajstić information content (AvgIpc) is 3.25. The normalized spacial score (nSPS) is 20.7. The van der Waals surface area contributed by atoms with E-state index in [0.717, 1.165) is 5.56 Å². The van der Waals surface area contributed by atoms with Crippen molar-refractivity contribution in [1.82, 2.24) is 20.5 Å². The largest absolute Gasteiger partial charge is 0.472 e. The smallest absolute Gasteiger partial charge is 0.254 e. The molecule has 0 aliphatic carbocycles. The van der Waals surface area contributed by atoms with Gasteiger partial charge in [-0.05, 0) is 23.8 Å². The highest BCUT2D eigenvalue weighted by molar-refractivity contribution is 5.94. The molecule has 3 rings (SSSR count). The van der Waals surface area contributed by atoms with E-state index in [9.17, 15) is 9.59 Å². The zero-order valence-electron chi connectivity index (χ0n) is 13.4. The van der Waals surface area contributed by atoms with Gasteiger partial charge in [-0.1, -0.05) is 0 Å². The fourth-order valence-corrected chi connectivity index (χ4v) is 3.00. The third-order valence-corrected chi connectivity index (χ3v) is 4.23. The Bertz CT molecular complexity index is 687. The maximum Gasteiger partial charge on any atom is 0.254 e. The van der Waals surface area contributed by atoms with Gasteiger partial charge in [0.15, 0.2) is 0 Å². The van der Waals surface area contributed by atoms with Gasteiger partial charge in [-0.3, -0.25) is 19.5 Å². The van der Waals surface area contributed by atoms with Crippen LogP contribution in [-0.4, -0.2) is 47.9 Å². The minimum absolute atomic E-state index is 0.0651. The first kappa shape index (κ1) is 16.2. The molecule has 0 spiro atoms. The number of hydrogen-bond donors (Lipinski definition) is 2. The minimum Gasteiger partial charge on any atom is -0.472 e. The molecular weight excluding hydrogens is 308 g/mol. The van der Waals surface area contributed by atoms with Crippen molar-refractivity contribution < 1.29 is 14.0 Å². The summed E-state index contributed by atoms with van der Waals surface area (Å²) in [7, 11) is 1.61. The van der Waals surface area contributed by atoms with Gasteiger partial charge in [-0.25, -0.2) is 0 Å². The van der Waals surface area contributed by atoms with E-state index in [-0.39, 0.29) is 23.8 Å². The molecule has 2 amide bonds. The fraction of sp³-hybridized carbons (Fsp3) is 0.353. The molecule has 2 aromatic rings. The van der Waals surface area contributed by atoms with E-state index < -0.39 is 0 Å². The Kier molecular flexibility index (Phi) is 4.90. The van der Waals surface area contributed by atoms with Gasteiger partial charge in [0.2, 0.25) is 5.91 Å². The van der Waals surface area contributed by atoms with Crippen LogP contribution in [0.15, 0.2) is 47.5 Å². The monoisotopic (exact) mass is 328 g/mol. The Morgan fingerprint density at radius 2 is 2.08 bits per heavy atom. The quantitative estimate of drug-likeness (QED) is 0.841. The third kappa shape index (κ3) is 3.62. The van der Waals surface area contributed by atoms with Crippen molar-refractivity contribution in [3.63, 3.8) is 0 Å². The SMILES string of the molecule is CNC(=O)[C@H]1CN(Cc2ccncc2)C[C@@H]1NC(=O)c1ccoc1. The van der Waals surface area contributed by atoms with Crippen molar-refractivity contribution >= 4 is 11.8 Å². The maximum atomic E-state index is 12.3. The van der Waals surface area contributed by atoms with Crippen LogP contribution in [0.2, 0.25) is 0 Å². The van der Waals surface area contributed by atoms with Crippen molar-refractivity contribution in [2.24, 2.45) is 5.92 Å². The van der Waals surface area contributed by atoms with Crippen molar-refractivity contribution in [1.29, 1.82) is 0 Å². The number of aromatic nitrogens is 1. The molecule has 126 valence electrons. The van der Waals surface area contributed by atoms with Crippen molar-refractivity contribution in [3.8, 4) is 0 Å². The number of pyridine rings is 1. The molecule has 1 aliphatic rings. The standard InChI is InChI=1S/C17H20N4O3/c1-18-17(23)14-9-21(8-12-2-5-19-6-3-12)10-15(14)20-16(22)13-4-7-24-11-13/h2-7,11,14-15H,8-10H2,1H3,(H,18,23)(H,20,22)/t14-,15-/m0/s1. The summed E-state index contributed by atoms with van der Waals surface area (Å²) in [5.74, 6) is -0.578. The van der Waals surface area contributed by atoms with Crippen LogP contribution in [0.25, 0.3) is 0 Å². The summed E-state index contributed by atoms with van der Waals surface area (Å²) in [5.41, 5.74) is 1.58. The molecule has 0 radical (unpaired) electrons. The van der Waals surface area contributed by atoms with Crippen LogP contribution in [0.3, 0.4) is 0 Å². The summed E-state index contributed by atoms with van der Waals surface area (Å²) in [6, 6.07) is 5.26. The van der Waals surface area contributed by atoms with Gasteiger partial charge < -0.3 is 15.1 Å². The molecule has 2 aromatic heterocycles. The van der Waals surface area contributed by atoms with Crippen LogP contribution in [0.5, 0.6) is 0 Å². The van der Waals surface area contributed by atoms with Gasteiger partial charge in [0.05, 0.1) is 23.8 Å². The molecule has 7 nitrogen and oxygen atoms in total. The summed E-state index contributed by atoms with van der Waals surface area (Å²) in [6.07, 6.45) is 6.35. The summed E-state index contributed by atoms with van der Waals surface area (Å²) in [5, 5.41) is 5.63. The zero-order chi connectivity index (χ0) is 16.9. The minimum atomic E-state index is -0.285. The topological polar surface area (TPSA) is 87.5 Å². The van der Waals surface area contributed by atoms with Crippen LogP contribution in [-0.2, 0) is 11.3 Å². The molecule has 3 heterocycles.